The van der Waals surface area contributed by atoms with E-state index in [4.69, 9.17) is 13.6 Å². The number of fused-ring (bicyclic) bond motifs is 1. The summed E-state index contributed by atoms with van der Waals surface area (Å²) in [5, 5.41) is 0. The highest BCUT2D eigenvalue weighted by molar-refractivity contribution is 6.00. The first-order valence-electron chi connectivity index (χ1n) is 10.2. The number of aryl methyl sites for hydroxylation is 1. The zero-order chi connectivity index (χ0) is 22.8. The molecule has 7 nitrogen and oxygen atoms in total. The molecule has 7 heteroatoms. The van der Waals surface area contributed by atoms with Gasteiger partial charge in [0.2, 0.25) is 0 Å². The van der Waals surface area contributed by atoms with Gasteiger partial charge in [-0.2, -0.15) is 0 Å². The van der Waals surface area contributed by atoms with Gasteiger partial charge in [-0.15, -0.1) is 0 Å². The summed E-state index contributed by atoms with van der Waals surface area (Å²) in [6.07, 6.45) is 3.11. The van der Waals surface area contributed by atoms with Gasteiger partial charge in [0.15, 0.2) is 23.9 Å². The Morgan fingerprint density at radius 2 is 1.39 bits per heavy atom. The van der Waals surface area contributed by atoms with Gasteiger partial charge in [-0.05, 0) is 49.4 Å². The number of hydrogen-bond acceptors (Lipinski definition) is 7. The lowest BCUT2D eigenvalue weighted by atomic mass is 10.1. The van der Waals surface area contributed by atoms with E-state index < -0.39 is 5.97 Å². The average Bonchev–Trinajstić information content (AvgIpc) is 3.56. The molecule has 2 aromatic carbocycles. The Balaban J connectivity index is 1.43. The van der Waals surface area contributed by atoms with Crippen molar-refractivity contribution >= 4 is 22.8 Å². The van der Waals surface area contributed by atoms with Crippen molar-refractivity contribution in [1.82, 2.24) is 9.97 Å². The monoisotopic (exact) mass is 438 g/mol. The molecule has 0 saturated heterocycles. The number of hydrogen-bond donors (Lipinski definition) is 0. The van der Waals surface area contributed by atoms with Gasteiger partial charge in [-0.25, -0.2) is 14.8 Å². The van der Waals surface area contributed by atoms with Crippen LogP contribution in [-0.2, 0) is 4.74 Å². The van der Waals surface area contributed by atoms with E-state index in [1.807, 2.05) is 19.1 Å². The molecule has 0 aliphatic carbocycles. The van der Waals surface area contributed by atoms with E-state index in [9.17, 15) is 9.59 Å². The lowest BCUT2D eigenvalue weighted by Crippen LogP contribution is -2.14. The van der Waals surface area contributed by atoms with E-state index in [2.05, 4.69) is 9.97 Å². The van der Waals surface area contributed by atoms with Crippen LogP contribution in [0.5, 0.6) is 0 Å². The molecule has 0 bridgehead atoms. The second-order valence-corrected chi connectivity index (χ2v) is 7.44. The SMILES string of the molecule is Cc1ccc(C(=O)COC(=O)c2ccc3nc(-c4ccco4)c(-c4ccco4)nc3c2)cc1. The van der Waals surface area contributed by atoms with Gasteiger partial charge >= 0.3 is 5.97 Å². The first-order chi connectivity index (χ1) is 16.1. The van der Waals surface area contributed by atoms with Crippen LogP contribution in [0, 0.1) is 6.92 Å². The number of carbonyl (C=O) groups excluding carboxylic acids is 2. The van der Waals surface area contributed by atoms with E-state index in [1.54, 1.807) is 67.1 Å². The molecule has 162 valence electrons. The van der Waals surface area contributed by atoms with Crippen molar-refractivity contribution in [3.05, 3.63) is 95.9 Å². The number of furan rings is 2. The second-order valence-electron chi connectivity index (χ2n) is 7.44. The maximum atomic E-state index is 12.6. The van der Waals surface area contributed by atoms with Crippen LogP contribution in [-0.4, -0.2) is 28.3 Å². The zero-order valence-electron chi connectivity index (χ0n) is 17.6. The topological polar surface area (TPSA) is 95.4 Å². The molecule has 0 aliphatic heterocycles. The number of ether oxygens (including phenoxy) is 1. The van der Waals surface area contributed by atoms with E-state index in [0.717, 1.165) is 5.56 Å². The van der Waals surface area contributed by atoms with Crippen molar-refractivity contribution in [3.8, 4) is 22.9 Å². The molecule has 0 fully saturated rings. The predicted octanol–water partition coefficient (Wildman–Crippen LogP) is 5.50. The largest absolute Gasteiger partial charge is 0.463 e. The van der Waals surface area contributed by atoms with Gasteiger partial charge < -0.3 is 13.6 Å². The summed E-state index contributed by atoms with van der Waals surface area (Å²) in [7, 11) is 0. The number of esters is 1. The number of benzene rings is 2. The molecule has 0 spiro atoms. The summed E-state index contributed by atoms with van der Waals surface area (Å²) in [5.41, 5.74) is 3.88. The third kappa shape index (κ3) is 4.16. The Hall–Kier alpha value is -4.52. The molecular weight excluding hydrogens is 420 g/mol. The van der Waals surface area contributed by atoms with Crippen LogP contribution in [0.2, 0.25) is 0 Å². The minimum atomic E-state index is -0.617. The molecule has 3 aromatic heterocycles. The number of Topliss-reactive ketones (excluding diaryl/α,β-unsaturated/α-hetero) is 1. The first kappa shape index (κ1) is 20.4. The Bertz CT molecular complexity index is 1440. The first-order valence-corrected chi connectivity index (χ1v) is 10.2. The molecule has 0 atom stereocenters. The minimum absolute atomic E-state index is 0.268. The predicted molar refractivity (Wildman–Crippen MR) is 121 cm³/mol. The van der Waals surface area contributed by atoms with Gasteiger partial charge in [-0.3, -0.25) is 4.79 Å². The normalized spacial score (nSPS) is 10.9. The van der Waals surface area contributed by atoms with Crippen molar-refractivity contribution in [1.29, 1.82) is 0 Å². The standard InChI is InChI=1S/C26H18N2O5/c1-16-6-8-17(9-7-16)21(29)15-33-26(30)18-10-11-19-20(14-18)28-25(23-5-3-13-32-23)24(27-19)22-4-2-12-31-22/h2-14H,15H2,1H3. The van der Waals surface area contributed by atoms with Gasteiger partial charge in [0, 0.05) is 5.56 Å². The summed E-state index contributed by atoms with van der Waals surface area (Å²) >= 11 is 0. The molecule has 0 N–H and O–H groups in total. The molecule has 0 radical (unpaired) electrons. The van der Waals surface area contributed by atoms with Crippen LogP contribution in [0.15, 0.2) is 88.1 Å². The Morgan fingerprint density at radius 3 is 2.00 bits per heavy atom. The molecule has 5 aromatic rings. The molecule has 5 rings (SSSR count). The highest BCUT2D eigenvalue weighted by Crippen LogP contribution is 2.31. The van der Waals surface area contributed by atoms with E-state index >= 15 is 0 Å². The van der Waals surface area contributed by atoms with Crippen molar-refractivity contribution < 1.29 is 23.2 Å². The number of carbonyl (C=O) groups is 2. The fourth-order valence-electron chi connectivity index (χ4n) is 3.39. The highest BCUT2D eigenvalue weighted by atomic mass is 16.5. The van der Waals surface area contributed by atoms with Crippen LogP contribution in [0.25, 0.3) is 33.9 Å². The molecule has 33 heavy (non-hydrogen) atoms. The number of aromatic nitrogens is 2. The summed E-state index contributed by atoms with van der Waals surface area (Å²) in [4.78, 5) is 34.2. The Labute approximate surface area is 188 Å². The van der Waals surface area contributed by atoms with Gasteiger partial charge in [0.05, 0.1) is 29.1 Å². The third-order valence-corrected chi connectivity index (χ3v) is 5.12. The Morgan fingerprint density at radius 1 is 0.788 bits per heavy atom. The average molecular weight is 438 g/mol. The number of nitrogens with zero attached hydrogens (tertiary/aromatic N) is 2. The molecule has 0 saturated carbocycles. The summed E-state index contributed by atoms with van der Waals surface area (Å²) in [6.45, 7) is 1.59. The molecule has 0 amide bonds. The lowest BCUT2D eigenvalue weighted by molar-refractivity contribution is 0.0475. The highest BCUT2D eigenvalue weighted by Gasteiger charge is 2.19. The molecular formula is C26H18N2O5. The summed E-state index contributed by atoms with van der Waals surface area (Å²) in [5.74, 6) is 0.183. The quantitative estimate of drug-likeness (QED) is 0.255. The second kappa shape index (κ2) is 8.55. The van der Waals surface area contributed by atoms with Crippen LogP contribution >= 0.6 is 0 Å². The summed E-state index contributed by atoms with van der Waals surface area (Å²) < 4.78 is 16.3. The van der Waals surface area contributed by atoms with Gasteiger partial charge in [0.1, 0.15) is 11.4 Å². The van der Waals surface area contributed by atoms with Crippen molar-refractivity contribution in [2.75, 3.05) is 6.61 Å². The maximum Gasteiger partial charge on any atom is 0.338 e. The van der Waals surface area contributed by atoms with Crippen molar-refractivity contribution in [2.45, 2.75) is 6.92 Å². The van der Waals surface area contributed by atoms with Crippen LogP contribution < -0.4 is 0 Å². The van der Waals surface area contributed by atoms with Crippen LogP contribution in [0.3, 0.4) is 0 Å². The Kier molecular flexibility index (Phi) is 5.28. The zero-order valence-corrected chi connectivity index (χ0v) is 17.6. The molecule has 0 unspecified atom stereocenters. The smallest absolute Gasteiger partial charge is 0.338 e. The maximum absolute atomic E-state index is 12.6. The van der Waals surface area contributed by atoms with E-state index in [-0.39, 0.29) is 18.0 Å². The van der Waals surface area contributed by atoms with E-state index in [1.165, 1.54) is 0 Å². The van der Waals surface area contributed by atoms with Gasteiger partial charge in [-0.1, -0.05) is 29.8 Å². The molecule has 3 heterocycles. The minimum Gasteiger partial charge on any atom is -0.463 e. The third-order valence-electron chi connectivity index (χ3n) is 5.12. The fourth-order valence-corrected chi connectivity index (χ4v) is 3.39. The van der Waals surface area contributed by atoms with Gasteiger partial charge in [0.25, 0.3) is 0 Å². The van der Waals surface area contributed by atoms with Crippen LogP contribution in [0.1, 0.15) is 26.3 Å². The summed E-state index contributed by atoms with van der Waals surface area (Å²) in [6, 6.07) is 19.0. The van der Waals surface area contributed by atoms with Crippen LogP contribution in [0.4, 0.5) is 0 Å². The van der Waals surface area contributed by atoms with Crippen molar-refractivity contribution in [3.63, 3.8) is 0 Å². The fraction of sp³-hybridized carbons (Fsp3) is 0.0769. The van der Waals surface area contributed by atoms with Crippen molar-refractivity contribution in [2.24, 2.45) is 0 Å². The van der Waals surface area contributed by atoms with E-state index in [0.29, 0.717) is 39.5 Å². The number of ketones is 1. The number of rotatable bonds is 6. The lowest BCUT2D eigenvalue weighted by Gasteiger charge is -2.08. The molecule has 0 aliphatic rings.